The van der Waals surface area contributed by atoms with Gasteiger partial charge in [-0.25, -0.2) is 4.98 Å². The second-order valence-corrected chi connectivity index (χ2v) is 9.02. The highest BCUT2D eigenvalue weighted by atomic mass is 16.2. The van der Waals surface area contributed by atoms with E-state index in [-0.39, 0.29) is 11.3 Å². The monoisotopic (exact) mass is 393 g/mol. The summed E-state index contributed by atoms with van der Waals surface area (Å²) in [6.45, 7) is 7.76. The van der Waals surface area contributed by atoms with Crippen LogP contribution in [0.25, 0.3) is 0 Å². The van der Waals surface area contributed by atoms with Crippen molar-refractivity contribution in [3.05, 3.63) is 54.1 Å². The van der Waals surface area contributed by atoms with Crippen LogP contribution >= 0.6 is 0 Å². The van der Waals surface area contributed by atoms with E-state index < -0.39 is 0 Å². The SMILES string of the molecule is O=C(C1CC12CCN(Cc1ncc[nH]1)CC2)N1CCN(Cc2ccccc2)CC1. The molecule has 1 aliphatic carbocycles. The highest BCUT2D eigenvalue weighted by molar-refractivity contribution is 5.83. The number of rotatable bonds is 5. The fraction of sp³-hybridized carbons (Fsp3) is 0.565. The Labute approximate surface area is 172 Å². The number of piperazine rings is 1. The van der Waals surface area contributed by atoms with E-state index in [0.717, 1.165) is 77.4 Å². The van der Waals surface area contributed by atoms with Crippen LogP contribution in [0.15, 0.2) is 42.7 Å². The van der Waals surface area contributed by atoms with Crippen molar-refractivity contribution >= 4 is 5.91 Å². The molecular formula is C23H31N5O. The number of benzene rings is 1. The molecular weight excluding hydrogens is 362 g/mol. The van der Waals surface area contributed by atoms with Gasteiger partial charge in [-0.15, -0.1) is 0 Å². The minimum Gasteiger partial charge on any atom is -0.348 e. The molecule has 6 nitrogen and oxygen atoms in total. The minimum atomic E-state index is 0.272. The largest absolute Gasteiger partial charge is 0.348 e. The highest BCUT2D eigenvalue weighted by Gasteiger charge is 2.59. The predicted octanol–water partition coefficient (Wildman–Crippen LogP) is 2.36. The molecule has 2 aliphatic heterocycles. The Bertz CT molecular complexity index is 805. The van der Waals surface area contributed by atoms with Crippen LogP contribution in [0.4, 0.5) is 0 Å². The number of hydrogen-bond donors (Lipinski definition) is 1. The van der Waals surface area contributed by atoms with Gasteiger partial charge in [0.2, 0.25) is 5.91 Å². The van der Waals surface area contributed by atoms with Crippen LogP contribution in [0, 0.1) is 11.3 Å². The number of H-pyrrole nitrogens is 1. The lowest BCUT2D eigenvalue weighted by Crippen LogP contribution is -2.49. The molecule has 3 fully saturated rings. The number of aromatic nitrogens is 2. The van der Waals surface area contributed by atoms with Gasteiger partial charge in [0.05, 0.1) is 6.54 Å². The van der Waals surface area contributed by atoms with Crippen molar-refractivity contribution in [2.24, 2.45) is 11.3 Å². The van der Waals surface area contributed by atoms with E-state index in [0.29, 0.717) is 5.91 Å². The van der Waals surface area contributed by atoms with Gasteiger partial charge in [-0.2, -0.15) is 0 Å². The van der Waals surface area contributed by atoms with Crippen molar-refractivity contribution in [1.82, 2.24) is 24.7 Å². The van der Waals surface area contributed by atoms with Crippen molar-refractivity contribution < 1.29 is 4.79 Å². The molecule has 1 N–H and O–H groups in total. The molecule has 0 bridgehead atoms. The van der Waals surface area contributed by atoms with Crippen LogP contribution in [0.3, 0.4) is 0 Å². The summed E-state index contributed by atoms with van der Waals surface area (Å²) in [6.07, 6.45) is 7.10. The van der Waals surface area contributed by atoms with Gasteiger partial charge in [-0.05, 0) is 43.3 Å². The lowest BCUT2D eigenvalue weighted by Gasteiger charge is -2.36. The standard InChI is InChI=1S/C23H31N5O/c29-22(28-14-12-27(13-15-28)17-19-4-2-1-3-5-19)20-16-23(20)6-10-26(11-7-23)18-21-24-8-9-25-21/h1-5,8-9,20H,6-7,10-18H2,(H,24,25). The molecule has 154 valence electrons. The number of piperidine rings is 1. The van der Waals surface area contributed by atoms with E-state index in [4.69, 9.17) is 0 Å². The van der Waals surface area contributed by atoms with Gasteiger partial charge in [0, 0.05) is 51.0 Å². The van der Waals surface area contributed by atoms with E-state index in [9.17, 15) is 4.79 Å². The lowest BCUT2D eigenvalue weighted by atomic mass is 9.90. The average Bonchev–Trinajstić information content (AvgIpc) is 3.20. The number of likely N-dealkylation sites (tertiary alicyclic amines) is 1. The maximum Gasteiger partial charge on any atom is 0.226 e. The molecule has 1 spiro atoms. The van der Waals surface area contributed by atoms with Gasteiger partial charge in [-0.3, -0.25) is 14.6 Å². The Balaban J connectivity index is 1.08. The molecule has 6 heteroatoms. The van der Waals surface area contributed by atoms with Crippen LogP contribution in [0.2, 0.25) is 0 Å². The molecule has 3 heterocycles. The molecule has 2 aromatic rings. The Kier molecular flexibility index (Phi) is 5.14. The van der Waals surface area contributed by atoms with Crippen molar-refractivity contribution in [3.8, 4) is 0 Å². The van der Waals surface area contributed by atoms with E-state index in [2.05, 4.69) is 55.0 Å². The Morgan fingerprint density at radius 2 is 1.72 bits per heavy atom. The summed E-state index contributed by atoms with van der Waals surface area (Å²) in [5.74, 6) is 1.73. The zero-order chi connectivity index (χ0) is 19.7. The molecule has 2 saturated heterocycles. The lowest BCUT2D eigenvalue weighted by molar-refractivity contribution is -0.135. The minimum absolute atomic E-state index is 0.272. The molecule has 1 aromatic heterocycles. The summed E-state index contributed by atoms with van der Waals surface area (Å²) >= 11 is 0. The molecule has 29 heavy (non-hydrogen) atoms. The molecule has 1 atom stereocenters. The van der Waals surface area contributed by atoms with E-state index >= 15 is 0 Å². The second kappa shape index (κ2) is 7.92. The van der Waals surface area contributed by atoms with Crippen molar-refractivity contribution in [2.75, 3.05) is 39.3 Å². The summed E-state index contributed by atoms with van der Waals surface area (Å²) in [7, 11) is 0. The molecule has 1 amide bonds. The summed E-state index contributed by atoms with van der Waals surface area (Å²) in [6, 6.07) is 10.6. The first-order valence-corrected chi connectivity index (χ1v) is 11.0. The van der Waals surface area contributed by atoms with Crippen molar-refractivity contribution in [1.29, 1.82) is 0 Å². The number of aromatic amines is 1. The van der Waals surface area contributed by atoms with E-state index in [1.807, 2.05) is 12.4 Å². The maximum atomic E-state index is 13.1. The van der Waals surface area contributed by atoms with Gasteiger partial charge >= 0.3 is 0 Å². The first-order chi connectivity index (χ1) is 14.2. The van der Waals surface area contributed by atoms with Crippen molar-refractivity contribution in [2.45, 2.75) is 32.4 Å². The van der Waals surface area contributed by atoms with Crippen LogP contribution in [-0.4, -0.2) is 69.8 Å². The topological polar surface area (TPSA) is 55.5 Å². The third-order valence-electron chi connectivity index (χ3n) is 7.20. The first-order valence-electron chi connectivity index (χ1n) is 11.0. The summed E-state index contributed by atoms with van der Waals surface area (Å²) in [4.78, 5) is 27.7. The number of nitrogens with one attached hydrogen (secondary N) is 1. The van der Waals surface area contributed by atoms with Crippen LogP contribution in [-0.2, 0) is 17.9 Å². The van der Waals surface area contributed by atoms with Crippen LogP contribution in [0.5, 0.6) is 0 Å². The summed E-state index contributed by atoms with van der Waals surface area (Å²) in [5, 5.41) is 0. The van der Waals surface area contributed by atoms with E-state index in [1.165, 1.54) is 5.56 Å². The second-order valence-electron chi connectivity index (χ2n) is 9.02. The fourth-order valence-corrected chi connectivity index (χ4v) is 5.19. The number of carbonyl (C=O) groups is 1. The first kappa shape index (κ1) is 18.8. The summed E-state index contributed by atoms with van der Waals surface area (Å²) < 4.78 is 0. The van der Waals surface area contributed by atoms with Gasteiger partial charge < -0.3 is 9.88 Å². The maximum absolute atomic E-state index is 13.1. The molecule has 1 saturated carbocycles. The number of hydrogen-bond acceptors (Lipinski definition) is 4. The Morgan fingerprint density at radius 3 is 2.41 bits per heavy atom. The Morgan fingerprint density at radius 1 is 1.00 bits per heavy atom. The average molecular weight is 394 g/mol. The number of carbonyl (C=O) groups excluding carboxylic acids is 1. The van der Waals surface area contributed by atoms with Crippen molar-refractivity contribution in [3.63, 3.8) is 0 Å². The fourth-order valence-electron chi connectivity index (χ4n) is 5.19. The zero-order valence-electron chi connectivity index (χ0n) is 17.1. The normalized spacial score (nSPS) is 24.7. The quantitative estimate of drug-likeness (QED) is 0.847. The van der Waals surface area contributed by atoms with Gasteiger partial charge in [0.25, 0.3) is 0 Å². The third-order valence-corrected chi connectivity index (χ3v) is 7.20. The van der Waals surface area contributed by atoms with E-state index in [1.54, 1.807) is 0 Å². The number of amides is 1. The molecule has 1 aromatic carbocycles. The van der Waals surface area contributed by atoms with Gasteiger partial charge in [0.15, 0.2) is 0 Å². The molecule has 0 radical (unpaired) electrons. The molecule has 5 rings (SSSR count). The predicted molar refractivity (Wildman–Crippen MR) is 112 cm³/mol. The smallest absolute Gasteiger partial charge is 0.226 e. The zero-order valence-corrected chi connectivity index (χ0v) is 17.1. The van der Waals surface area contributed by atoms with Gasteiger partial charge in [0.1, 0.15) is 5.82 Å². The highest BCUT2D eigenvalue weighted by Crippen LogP contribution is 2.60. The number of imidazole rings is 1. The summed E-state index contributed by atoms with van der Waals surface area (Å²) in [5.41, 5.74) is 1.65. The molecule has 1 unspecified atom stereocenters. The van der Waals surface area contributed by atoms with Crippen LogP contribution < -0.4 is 0 Å². The number of nitrogens with zero attached hydrogens (tertiary/aromatic N) is 4. The van der Waals surface area contributed by atoms with Gasteiger partial charge in [-0.1, -0.05) is 30.3 Å². The Hall–Kier alpha value is -2.18. The third kappa shape index (κ3) is 4.09. The van der Waals surface area contributed by atoms with Crippen LogP contribution in [0.1, 0.15) is 30.7 Å². The molecule has 3 aliphatic rings.